The van der Waals surface area contributed by atoms with Gasteiger partial charge in [-0.25, -0.2) is 0 Å². The van der Waals surface area contributed by atoms with E-state index in [1.807, 2.05) is 0 Å². The normalized spacial score (nSPS) is 13.3. The molecule has 0 spiro atoms. The minimum Gasteiger partial charge on any atom is -0.382 e. The van der Waals surface area contributed by atoms with Crippen LogP contribution < -0.4 is 0 Å². The van der Waals surface area contributed by atoms with Gasteiger partial charge in [0.25, 0.3) is 0 Å². The second-order valence-electron chi connectivity index (χ2n) is 3.89. The number of alkyl halides is 3. The molecule has 2 aromatic rings. The van der Waals surface area contributed by atoms with Crippen molar-refractivity contribution in [1.29, 1.82) is 0 Å². The second-order valence-corrected chi connectivity index (χ2v) is 4.81. The van der Waals surface area contributed by atoms with Crippen LogP contribution in [0.5, 0.6) is 0 Å². The van der Waals surface area contributed by atoms with Crippen molar-refractivity contribution in [3.8, 4) is 0 Å². The Kier molecular flexibility index (Phi) is 3.91. The standard InChI is InChI=1S/C13H9BrF3NO/c14-9-4-1-3-8(7-9)12(19)11-10(13(15,16)17)5-2-6-18-11/h1-7,12,19H. The molecule has 1 atom stereocenters. The van der Waals surface area contributed by atoms with Crippen LogP contribution in [0.3, 0.4) is 0 Å². The Balaban J connectivity index is 2.48. The van der Waals surface area contributed by atoms with E-state index in [-0.39, 0.29) is 0 Å². The molecule has 2 nitrogen and oxygen atoms in total. The largest absolute Gasteiger partial charge is 0.418 e. The van der Waals surface area contributed by atoms with Crippen molar-refractivity contribution in [2.45, 2.75) is 12.3 Å². The summed E-state index contributed by atoms with van der Waals surface area (Å²) in [7, 11) is 0. The first kappa shape index (κ1) is 14.0. The molecule has 2 rings (SSSR count). The molecule has 1 aromatic heterocycles. The molecule has 0 aliphatic rings. The molecule has 0 bridgehead atoms. The van der Waals surface area contributed by atoms with Crippen LogP contribution in [0.1, 0.15) is 22.9 Å². The maximum atomic E-state index is 12.8. The van der Waals surface area contributed by atoms with Gasteiger partial charge < -0.3 is 5.11 Å². The molecule has 1 N–H and O–H groups in total. The summed E-state index contributed by atoms with van der Waals surface area (Å²) in [5, 5.41) is 10.1. The first-order chi connectivity index (χ1) is 8.89. The Bertz CT molecular complexity index is 586. The van der Waals surface area contributed by atoms with E-state index in [0.717, 1.165) is 6.07 Å². The van der Waals surface area contributed by atoms with Crippen LogP contribution >= 0.6 is 15.9 Å². The number of hydrogen-bond donors (Lipinski definition) is 1. The van der Waals surface area contributed by atoms with Crippen LogP contribution in [0.4, 0.5) is 13.2 Å². The molecule has 0 amide bonds. The number of aliphatic hydroxyl groups is 1. The predicted molar refractivity (Wildman–Crippen MR) is 67.4 cm³/mol. The summed E-state index contributed by atoms with van der Waals surface area (Å²) in [5.74, 6) is 0. The zero-order valence-electron chi connectivity index (χ0n) is 9.53. The first-order valence-corrected chi connectivity index (χ1v) is 6.14. The molecular formula is C13H9BrF3NO. The number of halogens is 4. The lowest BCUT2D eigenvalue weighted by Crippen LogP contribution is -2.14. The van der Waals surface area contributed by atoms with Gasteiger partial charge in [0.1, 0.15) is 6.10 Å². The lowest BCUT2D eigenvalue weighted by molar-refractivity contribution is -0.139. The maximum absolute atomic E-state index is 12.8. The van der Waals surface area contributed by atoms with E-state index >= 15 is 0 Å². The van der Waals surface area contributed by atoms with Crippen molar-refractivity contribution in [1.82, 2.24) is 4.98 Å². The molecule has 0 radical (unpaired) electrons. The second kappa shape index (κ2) is 5.30. The summed E-state index contributed by atoms with van der Waals surface area (Å²) in [4.78, 5) is 3.67. The Morgan fingerprint density at radius 1 is 1.16 bits per heavy atom. The molecule has 6 heteroatoms. The highest BCUT2D eigenvalue weighted by Gasteiger charge is 2.36. The molecule has 100 valence electrons. The SMILES string of the molecule is OC(c1cccc(Br)c1)c1ncccc1C(F)(F)F. The van der Waals surface area contributed by atoms with Gasteiger partial charge >= 0.3 is 6.18 Å². The number of hydrogen-bond acceptors (Lipinski definition) is 2. The molecule has 0 aliphatic carbocycles. The highest BCUT2D eigenvalue weighted by Crippen LogP contribution is 2.35. The van der Waals surface area contributed by atoms with Crippen molar-refractivity contribution >= 4 is 15.9 Å². The van der Waals surface area contributed by atoms with E-state index < -0.39 is 23.5 Å². The van der Waals surface area contributed by atoms with Crippen molar-refractivity contribution in [3.05, 3.63) is 63.9 Å². The van der Waals surface area contributed by atoms with Gasteiger partial charge in [-0.2, -0.15) is 13.2 Å². The van der Waals surface area contributed by atoms with E-state index in [1.54, 1.807) is 24.3 Å². The summed E-state index contributed by atoms with van der Waals surface area (Å²) in [5.41, 5.74) is -0.978. The van der Waals surface area contributed by atoms with E-state index in [4.69, 9.17) is 0 Å². The van der Waals surface area contributed by atoms with Crippen molar-refractivity contribution in [2.75, 3.05) is 0 Å². The minimum atomic E-state index is -4.55. The van der Waals surface area contributed by atoms with Crippen LogP contribution in [-0.2, 0) is 6.18 Å². The van der Waals surface area contributed by atoms with Crippen molar-refractivity contribution < 1.29 is 18.3 Å². The Morgan fingerprint density at radius 2 is 1.89 bits per heavy atom. The predicted octanol–water partition coefficient (Wildman–Crippen LogP) is 3.94. The monoisotopic (exact) mass is 331 g/mol. The van der Waals surface area contributed by atoms with E-state index in [0.29, 0.717) is 10.0 Å². The van der Waals surface area contributed by atoms with Crippen LogP contribution in [-0.4, -0.2) is 10.1 Å². The molecule has 1 unspecified atom stereocenters. The number of rotatable bonds is 2. The molecule has 0 fully saturated rings. The third-order valence-corrected chi connectivity index (χ3v) is 3.06. The Morgan fingerprint density at radius 3 is 2.53 bits per heavy atom. The van der Waals surface area contributed by atoms with Crippen LogP contribution in [0, 0.1) is 0 Å². The van der Waals surface area contributed by atoms with Crippen LogP contribution in [0.25, 0.3) is 0 Å². The lowest BCUT2D eigenvalue weighted by atomic mass is 10.0. The Labute approximate surface area is 116 Å². The number of pyridine rings is 1. The summed E-state index contributed by atoms with van der Waals surface area (Å²) in [6, 6.07) is 8.56. The molecule has 1 heterocycles. The third kappa shape index (κ3) is 3.13. The maximum Gasteiger partial charge on any atom is 0.418 e. The summed E-state index contributed by atoms with van der Waals surface area (Å²) < 4.78 is 39.2. The average molecular weight is 332 g/mol. The van der Waals surface area contributed by atoms with Crippen molar-refractivity contribution in [2.24, 2.45) is 0 Å². The first-order valence-electron chi connectivity index (χ1n) is 5.35. The number of aliphatic hydroxyl groups excluding tert-OH is 1. The minimum absolute atomic E-state index is 0.346. The fraction of sp³-hybridized carbons (Fsp3) is 0.154. The average Bonchev–Trinajstić information content (AvgIpc) is 2.37. The fourth-order valence-electron chi connectivity index (χ4n) is 1.71. The summed E-state index contributed by atoms with van der Waals surface area (Å²) >= 11 is 3.21. The molecular weight excluding hydrogens is 323 g/mol. The van der Waals surface area contributed by atoms with Gasteiger partial charge in [0.2, 0.25) is 0 Å². The number of benzene rings is 1. The van der Waals surface area contributed by atoms with Gasteiger partial charge in [0, 0.05) is 10.7 Å². The quantitative estimate of drug-likeness (QED) is 0.904. The zero-order chi connectivity index (χ0) is 14.0. The fourth-order valence-corrected chi connectivity index (χ4v) is 2.13. The Hall–Kier alpha value is -1.40. The smallest absolute Gasteiger partial charge is 0.382 e. The lowest BCUT2D eigenvalue weighted by Gasteiger charge is -2.16. The van der Waals surface area contributed by atoms with Crippen LogP contribution in [0.15, 0.2) is 47.1 Å². The topological polar surface area (TPSA) is 33.1 Å². The van der Waals surface area contributed by atoms with Gasteiger partial charge in [-0.15, -0.1) is 0 Å². The van der Waals surface area contributed by atoms with Gasteiger partial charge in [-0.3, -0.25) is 4.98 Å². The van der Waals surface area contributed by atoms with Crippen LogP contribution in [0.2, 0.25) is 0 Å². The van der Waals surface area contributed by atoms with E-state index in [1.165, 1.54) is 12.3 Å². The highest BCUT2D eigenvalue weighted by atomic mass is 79.9. The number of aromatic nitrogens is 1. The zero-order valence-corrected chi connectivity index (χ0v) is 11.1. The third-order valence-electron chi connectivity index (χ3n) is 2.57. The number of nitrogens with zero attached hydrogens (tertiary/aromatic N) is 1. The molecule has 0 saturated carbocycles. The van der Waals surface area contributed by atoms with E-state index in [9.17, 15) is 18.3 Å². The highest BCUT2D eigenvalue weighted by molar-refractivity contribution is 9.10. The van der Waals surface area contributed by atoms with Crippen molar-refractivity contribution in [3.63, 3.8) is 0 Å². The van der Waals surface area contributed by atoms with Gasteiger partial charge in [-0.1, -0.05) is 28.1 Å². The van der Waals surface area contributed by atoms with E-state index in [2.05, 4.69) is 20.9 Å². The van der Waals surface area contributed by atoms with Gasteiger partial charge in [0.05, 0.1) is 11.3 Å². The van der Waals surface area contributed by atoms with Gasteiger partial charge in [-0.05, 0) is 29.8 Å². The van der Waals surface area contributed by atoms with Gasteiger partial charge in [0.15, 0.2) is 0 Å². The molecule has 19 heavy (non-hydrogen) atoms. The molecule has 0 aliphatic heterocycles. The molecule has 1 aromatic carbocycles. The molecule has 0 saturated heterocycles. The summed E-state index contributed by atoms with van der Waals surface area (Å²) in [6.07, 6.45) is -4.74. The summed E-state index contributed by atoms with van der Waals surface area (Å²) in [6.45, 7) is 0.